The van der Waals surface area contributed by atoms with Gasteiger partial charge in [-0.3, -0.25) is 0 Å². The quantitative estimate of drug-likeness (QED) is 0.310. The molecule has 0 aliphatic heterocycles. The first-order valence-corrected chi connectivity index (χ1v) is 8.18. The topological polar surface area (TPSA) is 43.3 Å². The minimum absolute atomic E-state index is 0.317. The Morgan fingerprint density at radius 1 is 0.842 bits per heavy atom. The van der Waals surface area contributed by atoms with Crippen LogP contribution in [0.4, 0.5) is 0 Å². The zero-order valence-corrected chi connectivity index (χ0v) is 13.4. The lowest BCUT2D eigenvalue weighted by molar-refractivity contribution is -0.843. The van der Waals surface area contributed by atoms with E-state index in [-0.39, 0.29) is 4.65 Å². The summed E-state index contributed by atoms with van der Waals surface area (Å²) in [6.07, 6.45) is 13.4. The molecule has 0 aromatic heterocycles. The average molecular weight is 273 g/mol. The summed E-state index contributed by atoms with van der Waals surface area (Å²) in [7, 11) is 3.17. The summed E-state index contributed by atoms with van der Waals surface area (Å²) in [5.74, 6) is 0. The van der Waals surface area contributed by atoms with Crippen molar-refractivity contribution in [3.8, 4) is 0 Å². The van der Waals surface area contributed by atoms with Gasteiger partial charge in [-0.25, -0.2) is 0 Å². The molecule has 0 fully saturated rings. The van der Waals surface area contributed by atoms with Crippen molar-refractivity contribution in [1.29, 1.82) is 0 Å². The van der Waals surface area contributed by atoms with Gasteiger partial charge in [-0.15, -0.1) is 0 Å². The van der Waals surface area contributed by atoms with Crippen LogP contribution in [0.2, 0.25) is 0 Å². The maximum atomic E-state index is 11.4. The van der Waals surface area contributed by atoms with Gasteiger partial charge in [0.15, 0.2) is 0 Å². The van der Waals surface area contributed by atoms with Crippen molar-refractivity contribution in [3.63, 3.8) is 0 Å². The number of hydrogen-bond acceptors (Lipinski definition) is 2. The van der Waals surface area contributed by atoms with Gasteiger partial charge in [-0.05, 0) is 6.42 Å². The van der Waals surface area contributed by atoms with Crippen molar-refractivity contribution in [3.05, 3.63) is 5.21 Å². The maximum absolute atomic E-state index is 11.4. The fourth-order valence-electron chi connectivity index (χ4n) is 2.47. The third-order valence-corrected chi connectivity index (χ3v) is 3.54. The number of hydrogen-bond donors (Lipinski definition) is 1. The molecule has 116 valence electrons. The largest absolute Gasteiger partial charge is 0.633 e. The van der Waals surface area contributed by atoms with Crippen LogP contribution in [0.5, 0.6) is 0 Å². The SMILES string of the molecule is CCCCCCCCCCCCC(O)C[N+](C)(C)[O-]. The third kappa shape index (κ3) is 15.8. The lowest BCUT2D eigenvalue weighted by Gasteiger charge is -2.35. The Kier molecular flexibility index (Phi) is 11.6. The number of hydroxylamine groups is 3. The van der Waals surface area contributed by atoms with E-state index in [1.165, 1.54) is 57.8 Å². The van der Waals surface area contributed by atoms with E-state index < -0.39 is 6.10 Å². The van der Waals surface area contributed by atoms with Crippen LogP contribution in [0.3, 0.4) is 0 Å². The van der Waals surface area contributed by atoms with Crippen LogP contribution in [0, 0.1) is 5.21 Å². The second kappa shape index (κ2) is 11.7. The Hall–Kier alpha value is -0.120. The number of likely N-dealkylation sites (N-methyl/N-ethyl adjacent to an activating group) is 1. The fourth-order valence-corrected chi connectivity index (χ4v) is 2.47. The molecule has 1 unspecified atom stereocenters. The monoisotopic (exact) mass is 273 g/mol. The molecule has 0 amide bonds. The van der Waals surface area contributed by atoms with Crippen LogP contribution in [0.25, 0.3) is 0 Å². The first kappa shape index (κ1) is 18.9. The first-order valence-electron chi connectivity index (χ1n) is 8.18. The molecule has 0 aliphatic carbocycles. The molecule has 0 rings (SSSR count). The highest BCUT2D eigenvalue weighted by Gasteiger charge is 2.11. The fraction of sp³-hybridized carbons (Fsp3) is 1.00. The standard InChI is InChI=1S/C16H35NO2/c1-4-5-6-7-8-9-10-11-12-13-14-16(18)15-17(2,3)19/h16,18H,4-15H2,1-3H3. The third-order valence-electron chi connectivity index (χ3n) is 3.54. The molecule has 3 heteroatoms. The molecule has 0 radical (unpaired) electrons. The van der Waals surface area contributed by atoms with E-state index in [9.17, 15) is 10.3 Å². The van der Waals surface area contributed by atoms with Crippen molar-refractivity contribution >= 4 is 0 Å². The molecule has 0 aromatic carbocycles. The van der Waals surface area contributed by atoms with Gasteiger partial charge >= 0.3 is 0 Å². The van der Waals surface area contributed by atoms with E-state index in [2.05, 4.69) is 6.92 Å². The molecule has 0 saturated heterocycles. The molecule has 3 nitrogen and oxygen atoms in total. The molecule has 1 N–H and O–H groups in total. The van der Waals surface area contributed by atoms with E-state index >= 15 is 0 Å². The number of nitrogens with zero attached hydrogens (tertiary/aromatic N) is 1. The highest BCUT2D eigenvalue weighted by molar-refractivity contribution is 4.56. The average Bonchev–Trinajstić information content (AvgIpc) is 2.29. The van der Waals surface area contributed by atoms with Crippen LogP contribution in [0.15, 0.2) is 0 Å². The van der Waals surface area contributed by atoms with Crippen LogP contribution < -0.4 is 0 Å². The molecule has 0 spiro atoms. The molecule has 0 bridgehead atoms. The van der Waals surface area contributed by atoms with Gasteiger partial charge in [0.2, 0.25) is 0 Å². The Balaban J connectivity index is 3.18. The Labute approximate surface area is 120 Å². The van der Waals surface area contributed by atoms with Crippen LogP contribution in [-0.4, -0.2) is 36.5 Å². The van der Waals surface area contributed by atoms with Gasteiger partial charge in [-0.1, -0.05) is 71.1 Å². The molecule has 19 heavy (non-hydrogen) atoms. The number of quaternary nitrogens is 1. The maximum Gasteiger partial charge on any atom is 0.104 e. The molecule has 0 aliphatic rings. The Morgan fingerprint density at radius 3 is 1.68 bits per heavy atom. The van der Waals surface area contributed by atoms with Crippen LogP contribution in [0.1, 0.15) is 77.6 Å². The smallest absolute Gasteiger partial charge is 0.104 e. The van der Waals surface area contributed by atoms with Gasteiger partial charge in [0.05, 0.1) is 14.1 Å². The molecule has 0 aromatic rings. The summed E-state index contributed by atoms with van der Waals surface area (Å²) >= 11 is 0. The van der Waals surface area contributed by atoms with Crippen molar-refractivity contribution in [2.75, 3.05) is 20.6 Å². The van der Waals surface area contributed by atoms with Gasteiger partial charge in [0.25, 0.3) is 0 Å². The minimum Gasteiger partial charge on any atom is -0.633 e. The normalized spacial score (nSPS) is 13.7. The number of rotatable bonds is 13. The van der Waals surface area contributed by atoms with E-state index in [0.29, 0.717) is 6.54 Å². The van der Waals surface area contributed by atoms with Gasteiger partial charge in [-0.2, -0.15) is 0 Å². The van der Waals surface area contributed by atoms with E-state index in [1.807, 2.05) is 0 Å². The predicted octanol–water partition coefficient (Wildman–Crippen LogP) is 4.23. The first-order chi connectivity index (χ1) is 8.95. The molecular weight excluding hydrogens is 238 g/mol. The summed E-state index contributed by atoms with van der Waals surface area (Å²) in [6.45, 7) is 2.57. The Morgan fingerprint density at radius 2 is 1.26 bits per heavy atom. The summed E-state index contributed by atoms with van der Waals surface area (Å²) in [4.78, 5) is 0. The summed E-state index contributed by atoms with van der Waals surface area (Å²) in [6, 6.07) is 0. The summed E-state index contributed by atoms with van der Waals surface area (Å²) in [5.41, 5.74) is 0. The van der Waals surface area contributed by atoms with Crippen molar-refractivity contribution in [2.45, 2.75) is 83.7 Å². The molecule has 0 heterocycles. The molecular formula is C16H35NO2. The second-order valence-corrected chi connectivity index (χ2v) is 6.38. The zero-order valence-electron chi connectivity index (χ0n) is 13.4. The van der Waals surface area contributed by atoms with Crippen molar-refractivity contribution < 1.29 is 9.75 Å². The summed E-state index contributed by atoms with van der Waals surface area (Å²) in [5, 5.41) is 21.1. The Bertz CT molecular complexity index is 190. The summed E-state index contributed by atoms with van der Waals surface area (Å²) < 4.78 is -0.390. The van der Waals surface area contributed by atoms with Crippen LogP contribution in [-0.2, 0) is 0 Å². The van der Waals surface area contributed by atoms with Crippen molar-refractivity contribution in [2.24, 2.45) is 0 Å². The number of aliphatic hydroxyl groups excluding tert-OH is 1. The lowest BCUT2D eigenvalue weighted by atomic mass is 10.0. The van der Waals surface area contributed by atoms with Crippen molar-refractivity contribution in [1.82, 2.24) is 0 Å². The van der Waals surface area contributed by atoms with E-state index in [4.69, 9.17) is 0 Å². The highest BCUT2D eigenvalue weighted by atomic mass is 16.5. The predicted molar refractivity (Wildman–Crippen MR) is 82.8 cm³/mol. The zero-order chi connectivity index (χ0) is 14.6. The molecule has 0 saturated carbocycles. The van der Waals surface area contributed by atoms with Crippen LogP contribution >= 0.6 is 0 Å². The minimum atomic E-state index is -0.429. The van der Waals surface area contributed by atoms with E-state index in [0.717, 1.165) is 12.8 Å². The lowest BCUT2D eigenvalue weighted by Crippen LogP contribution is -2.39. The highest BCUT2D eigenvalue weighted by Crippen LogP contribution is 2.12. The van der Waals surface area contributed by atoms with Gasteiger partial charge in [0, 0.05) is 0 Å². The second-order valence-electron chi connectivity index (χ2n) is 6.38. The molecule has 1 atom stereocenters. The van der Waals surface area contributed by atoms with E-state index in [1.54, 1.807) is 14.1 Å². The van der Waals surface area contributed by atoms with Gasteiger partial charge < -0.3 is 15.0 Å². The number of unbranched alkanes of at least 4 members (excludes halogenated alkanes) is 9. The van der Waals surface area contributed by atoms with Gasteiger partial charge in [0.1, 0.15) is 12.6 Å². The number of aliphatic hydroxyl groups is 1.